The summed E-state index contributed by atoms with van der Waals surface area (Å²) in [6.07, 6.45) is 2.45. The minimum atomic E-state index is -0.531. The molecule has 2 N–H and O–H groups in total. The van der Waals surface area contributed by atoms with Crippen molar-refractivity contribution in [3.05, 3.63) is 35.5 Å². The van der Waals surface area contributed by atoms with Crippen molar-refractivity contribution in [3.8, 4) is 0 Å². The molecule has 0 spiro atoms. The Morgan fingerprint density at radius 1 is 1.31 bits per heavy atom. The first-order valence-corrected chi connectivity index (χ1v) is 9.44. The van der Waals surface area contributed by atoms with Gasteiger partial charge in [0.05, 0.1) is 5.56 Å². The Labute approximate surface area is 155 Å². The zero-order valence-corrected chi connectivity index (χ0v) is 16.2. The number of likely N-dealkylation sites (tertiary alicyclic amines) is 1. The van der Waals surface area contributed by atoms with Gasteiger partial charge in [0.25, 0.3) is 11.7 Å². The number of Topliss-reactive ketones (excluding diaryl/α,β-unsaturated/α-hetero) is 1. The van der Waals surface area contributed by atoms with Crippen LogP contribution in [-0.4, -0.2) is 46.7 Å². The minimum absolute atomic E-state index is 0.167. The van der Waals surface area contributed by atoms with Crippen molar-refractivity contribution in [2.75, 3.05) is 19.6 Å². The van der Waals surface area contributed by atoms with E-state index >= 15 is 0 Å². The summed E-state index contributed by atoms with van der Waals surface area (Å²) in [5.41, 5.74) is 1.92. The molecule has 1 unspecified atom stereocenters. The molecule has 1 aliphatic heterocycles. The van der Waals surface area contributed by atoms with Crippen molar-refractivity contribution in [1.82, 2.24) is 15.2 Å². The Morgan fingerprint density at radius 3 is 2.77 bits per heavy atom. The van der Waals surface area contributed by atoms with Crippen molar-refractivity contribution < 1.29 is 9.59 Å². The Hall–Kier alpha value is -2.14. The smallest absolute Gasteiger partial charge is 0.292 e. The molecule has 5 heteroatoms. The molecule has 1 saturated heterocycles. The fourth-order valence-electron chi connectivity index (χ4n) is 3.91. The molecule has 5 nitrogen and oxygen atoms in total. The van der Waals surface area contributed by atoms with Gasteiger partial charge in [0.15, 0.2) is 0 Å². The fourth-order valence-corrected chi connectivity index (χ4v) is 3.91. The lowest BCUT2D eigenvalue weighted by Gasteiger charge is -2.43. The lowest BCUT2D eigenvalue weighted by atomic mass is 9.93. The Bertz CT molecular complexity index is 822. The molecule has 1 aromatic carbocycles. The average Bonchev–Trinajstić information content (AvgIpc) is 2.94. The van der Waals surface area contributed by atoms with Gasteiger partial charge in [0, 0.05) is 35.2 Å². The van der Waals surface area contributed by atoms with Crippen LogP contribution >= 0.6 is 0 Å². The second-order valence-corrected chi connectivity index (χ2v) is 8.19. The molecule has 2 heterocycles. The average molecular weight is 355 g/mol. The third-order valence-electron chi connectivity index (χ3n) is 5.52. The highest BCUT2D eigenvalue weighted by Gasteiger charge is 2.31. The normalized spacial score (nSPS) is 18.8. The van der Waals surface area contributed by atoms with Gasteiger partial charge < -0.3 is 10.3 Å². The van der Waals surface area contributed by atoms with Crippen LogP contribution < -0.4 is 5.32 Å². The van der Waals surface area contributed by atoms with Gasteiger partial charge in [-0.1, -0.05) is 25.1 Å². The van der Waals surface area contributed by atoms with Crippen LogP contribution in [0.3, 0.4) is 0 Å². The first-order chi connectivity index (χ1) is 12.3. The van der Waals surface area contributed by atoms with Crippen LogP contribution in [0.5, 0.6) is 0 Å². The van der Waals surface area contributed by atoms with Gasteiger partial charge in [-0.3, -0.25) is 14.5 Å². The second kappa shape index (κ2) is 7.23. The van der Waals surface area contributed by atoms with Crippen LogP contribution in [-0.2, 0) is 4.79 Å². The first-order valence-electron chi connectivity index (χ1n) is 9.44. The number of hydrogen-bond donors (Lipinski definition) is 2. The Kier molecular flexibility index (Phi) is 5.19. The number of nitrogens with zero attached hydrogens (tertiary/aromatic N) is 1. The van der Waals surface area contributed by atoms with Crippen LogP contribution in [0.1, 0.15) is 49.7 Å². The number of ketones is 1. The maximum atomic E-state index is 12.7. The van der Waals surface area contributed by atoms with Gasteiger partial charge in [0.2, 0.25) is 0 Å². The van der Waals surface area contributed by atoms with E-state index in [2.05, 4.69) is 36.0 Å². The number of para-hydroxylation sites is 1. The van der Waals surface area contributed by atoms with Crippen LogP contribution in [0.25, 0.3) is 10.9 Å². The van der Waals surface area contributed by atoms with E-state index in [0.29, 0.717) is 18.0 Å². The summed E-state index contributed by atoms with van der Waals surface area (Å²) in [4.78, 5) is 30.9. The zero-order valence-electron chi connectivity index (χ0n) is 16.2. The third-order valence-corrected chi connectivity index (χ3v) is 5.52. The summed E-state index contributed by atoms with van der Waals surface area (Å²) >= 11 is 0. The predicted molar refractivity (Wildman–Crippen MR) is 104 cm³/mol. The summed E-state index contributed by atoms with van der Waals surface area (Å²) in [5, 5.41) is 3.67. The highest BCUT2D eigenvalue weighted by atomic mass is 16.2. The number of H-pyrrole nitrogens is 1. The van der Waals surface area contributed by atoms with E-state index in [1.807, 2.05) is 31.2 Å². The van der Waals surface area contributed by atoms with Gasteiger partial charge in [0.1, 0.15) is 0 Å². The van der Waals surface area contributed by atoms with Gasteiger partial charge in [-0.2, -0.15) is 0 Å². The Balaban J connectivity index is 1.69. The summed E-state index contributed by atoms with van der Waals surface area (Å²) in [5.74, 6) is -0.326. The molecular weight excluding hydrogens is 326 g/mol. The molecule has 0 saturated carbocycles. The molecule has 0 aliphatic carbocycles. The van der Waals surface area contributed by atoms with Crippen molar-refractivity contribution >= 4 is 22.6 Å². The summed E-state index contributed by atoms with van der Waals surface area (Å²) < 4.78 is 0. The Morgan fingerprint density at radius 2 is 2.04 bits per heavy atom. The molecule has 0 radical (unpaired) electrons. The molecule has 26 heavy (non-hydrogen) atoms. The van der Waals surface area contributed by atoms with E-state index < -0.39 is 11.7 Å². The van der Waals surface area contributed by atoms with Crippen LogP contribution in [0, 0.1) is 12.8 Å². The minimum Gasteiger partial charge on any atom is -0.358 e. The molecule has 1 amide bonds. The molecule has 3 rings (SSSR count). The largest absolute Gasteiger partial charge is 0.358 e. The standard InChI is InChI=1S/C21H29N3O2/c1-14-8-7-11-24(12-14)21(3,4)13-22-20(26)19(25)18-15(2)23-17-10-6-5-9-16(17)18/h5-6,9-10,14,23H,7-8,11-13H2,1-4H3,(H,22,26). The molecule has 140 valence electrons. The topological polar surface area (TPSA) is 65.2 Å². The lowest BCUT2D eigenvalue weighted by Crippen LogP contribution is -2.55. The number of carbonyl (C=O) groups is 2. The van der Waals surface area contributed by atoms with E-state index in [1.54, 1.807) is 0 Å². The zero-order chi connectivity index (χ0) is 18.9. The number of piperidine rings is 1. The van der Waals surface area contributed by atoms with Crippen molar-refractivity contribution in [1.29, 1.82) is 0 Å². The monoisotopic (exact) mass is 355 g/mol. The molecule has 0 bridgehead atoms. The van der Waals surface area contributed by atoms with E-state index in [9.17, 15) is 9.59 Å². The fraction of sp³-hybridized carbons (Fsp3) is 0.524. The first kappa shape index (κ1) is 18.6. The molecule has 1 aliphatic rings. The quantitative estimate of drug-likeness (QED) is 0.639. The number of rotatable bonds is 5. The van der Waals surface area contributed by atoms with E-state index in [0.717, 1.165) is 29.7 Å². The number of aryl methyl sites for hydroxylation is 1. The number of carbonyl (C=O) groups excluding carboxylic acids is 2. The molecule has 1 fully saturated rings. The molecule has 1 atom stereocenters. The summed E-state index contributed by atoms with van der Waals surface area (Å²) in [6, 6.07) is 7.58. The second-order valence-electron chi connectivity index (χ2n) is 8.19. The van der Waals surface area contributed by atoms with Gasteiger partial charge in [-0.25, -0.2) is 0 Å². The van der Waals surface area contributed by atoms with Crippen molar-refractivity contribution in [3.63, 3.8) is 0 Å². The van der Waals surface area contributed by atoms with Crippen molar-refractivity contribution in [2.24, 2.45) is 5.92 Å². The number of aromatic nitrogens is 1. The van der Waals surface area contributed by atoms with E-state index in [-0.39, 0.29) is 5.54 Å². The highest BCUT2D eigenvalue weighted by molar-refractivity contribution is 6.45. The van der Waals surface area contributed by atoms with Gasteiger partial charge >= 0.3 is 0 Å². The van der Waals surface area contributed by atoms with E-state index in [4.69, 9.17) is 0 Å². The van der Waals surface area contributed by atoms with Crippen LogP contribution in [0.2, 0.25) is 0 Å². The molecule has 1 aromatic heterocycles. The number of fused-ring (bicyclic) bond motifs is 1. The summed E-state index contributed by atoms with van der Waals surface area (Å²) in [6.45, 7) is 10.9. The van der Waals surface area contributed by atoms with Gasteiger partial charge in [-0.05, 0) is 52.1 Å². The number of hydrogen-bond acceptors (Lipinski definition) is 3. The molecular formula is C21H29N3O2. The maximum Gasteiger partial charge on any atom is 0.292 e. The lowest BCUT2D eigenvalue weighted by molar-refractivity contribution is -0.117. The number of amides is 1. The van der Waals surface area contributed by atoms with Gasteiger partial charge in [-0.15, -0.1) is 0 Å². The SMILES string of the molecule is Cc1[nH]c2ccccc2c1C(=O)C(=O)NCC(C)(C)N1CCCC(C)C1. The number of benzene rings is 1. The number of aromatic amines is 1. The predicted octanol–water partition coefficient (Wildman–Crippen LogP) is 3.29. The highest BCUT2D eigenvalue weighted by Crippen LogP contribution is 2.24. The van der Waals surface area contributed by atoms with E-state index in [1.165, 1.54) is 12.8 Å². The third kappa shape index (κ3) is 3.68. The molecule has 2 aromatic rings. The van der Waals surface area contributed by atoms with Crippen molar-refractivity contribution in [2.45, 2.75) is 46.1 Å². The van der Waals surface area contributed by atoms with Crippen LogP contribution in [0.4, 0.5) is 0 Å². The maximum absolute atomic E-state index is 12.7. The number of nitrogens with one attached hydrogen (secondary N) is 2. The summed E-state index contributed by atoms with van der Waals surface area (Å²) in [7, 11) is 0. The van der Waals surface area contributed by atoms with Crippen LogP contribution in [0.15, 0.2) is 24.3 Å².